The number of aliphatic hydroxyl groups is 1. The van der Waals surface area contributed by atoms with Crippen LogP contribution in [0, 0.1) is 0 Å². The predicted octanol–water partition coefficient (Wildman–Crippen LogP) is 1.31. The van der Waals surface area contributed by atoms with Crippen molar-refractivity contribution in [2.75, 3.05) is 58.8 Å². The number of hydrogen-bond acceptors (Lipinski definition) is 7. The molecule has 3 aliphatic heterocycles. The minimum absolute atomic E-state index is 0.112. The van der Waals surface area contributed by atoms with Crippen molar-refractivity contribution in [1.82, 2.24) is 15.1 Å². The molecular formula is C25H35N6O4+. The fourth-order valence-electron chi connectivity index (χ4n) is 5.37. The van der Waals surface area contributed by atoms with Gasteiger partial charge in [0.2, 0.25) is 5.91 Å². The third-order valence-electron chi connectivity index (χ3n) is 7.63. The molecule has 0 radical (unpaired) electrons. The van der Waals surface area contributed by atoms with Crippen molar-refractivity contribution in [3.8, 4) is 5.75 Å². The van der Waals surface area contributed by atoms with Gasteiger partial charge < -0.3 is 25.0 Å². The Kier molecular flexibility index (Phi) is 6.41. The van der Waals surface area contributed by atoms with E-state index in [2.05, 4.69) is 15.5 Å². The molecule has 35 heavy (non-hydrogen) atoms. The van der Waals surface area contributed by atoms with E-state index in [4.69, 9.17) is 14.8 Å². The lowest BCUT2D eigenvalue weighted by Crippen LogP contribution is -2.48. The van der Waals surface area contributed by atoms with E-state index >= 15 is 0 Å². The number of nitrogens with one attached hydrogen (secondary N) is 2. The van der Waals surface area contributed by atoms with E-state index < -0.39 is 0 Å². The van der Waals surface area contributed by atoms with Gasteiger partial charge in [-0.1, -0.05) is 12.8 Å². The number of nitrogens with zero attached hydrogens (tertiary/aromatic N) is 4. The van der Waals surface area contributed by atoms with Crippen LogP contribution in [0.3, 0.4) is 0 Å². The van der Waals surface area contributed by atoms with Gasteiger partial charge in [-0.25, -0.2) is 4.48 Å². The molecule has 0 unspecified atom stereocenters. The number of methoxy groups -OCH3 is 1. The minimum Gasteiger partial charge on any atom is -0.495 e. The van der Waals surface area contributed by atoms with Gasteiger partial charge in [0, 0.05) is 38.2 Å². The first-order valence-electron chi connectivity index (χ1n) is 12.5. The molecule has 3 N–H and O–H groups in total. The van der Waals surface area contributed by atoms with Crippen LogP contribution in [0.5, 0.6) is 5.75 Å². The highest BCUT2D eigenvalue weighted by Gasteiger charge is 2.54. The normalized spacial score (nSPS) is 21.6. The van der Waals surface area contributed by atoms with E-state index in [9.17, 15) is 9.59 Å². The second kappa shape index (κ2) is 9.50. The Labute approximate surface area is 205 Å². The summed E-state index contributed by atoms with van der Waals surface area (Å²) < 4.78 is 6.28. The van der Waals surface area contributed by atoms with Gasteiger partial charge in [0.1, 0.15) is 31.1 Å². The summed E-state index contributed by atoms with van der Waals surface area (Å²) in [5.41, 5.74) is 2.22. The number of rotatable bonds is 6. The molecule has 10 nitrogen and oxygen atoms in total. The number of hydrogen-bond donors (Lipinski definition) is 3. The number of likely N-dealkylation sites (N-methyl/N-ethyl adjacent to an activating group) is 1. The van der Waals surface area contributed by atoms with Gasteiger partial charge in [0.25, 0.3) is 5.91 Å². The smallest absolute Gasteiger partial charge is 0.309 e. The molecule has 0 atom stereocenters. The Morgan fingerprint density at radius 3 is 2.74 bits per heavy atom. The Bertz CT molecular complexity index is 1070. The number of guanidine groups is 1. The molecule has 1 aromatic carbocycles. The number of anilines is 1. The van der Waals surface area contributed by atoms with Crippen molar-refractivity contribution < 1.29 is 23.9 Å². The molecule has 2 fully saturated rings. The fraction of sp³-hybridized carbons (Fsp3) is 0.560. The third kappa shape index (κ3) is 4.48. The van der Waals surface area contributed by atoms with Crippen LogP contribution in [0.1, 0.15) is 42.5 Å². The highest BCUT2D eigenvalue weighted by Crippen LogP contribution is 2.38. The maximum absolute atomic E-state index is 12.8. The summed E-state index contributed by atoms with van der Waals surface area (Å²) in [5.74, 6) is 2.21. The third-order valence-corrected chi connectivity index (χ3v) is 7.63. The van der Waals surface area contributed by atoms with Gasteiger partial charge in [-0.05, 0) is 31.0 Å². The molecule has 188 valence electrons. The lowest BCUT2D eigenvalue weighted by molar-refractivity contribution is -0.696. The van der Waals surface area contributed by atoms with E-state index in [1.165, 1.54) is 12.8 Å². The monoisotopic (exact) mass is 483 g/mol. The maximum Gasteiger partial charge on any atom is 0.309 e. The average Bonchev–Trinajstić information content (AvgIpc) is 3.46. The largest absolute Gasteiger partial charge is 0.495 e. The van der Waals surface area contributed by atoms with Gasteiger partial charge in [0.15, 0.2) is 5.82 Å². The minimum atomic E-state index is -0.262. The number of aliphatic hydroxyl groups excluding tert-OH is 1. The van der Waals surface area contributed by atoms with Gasteiger partial charge in [-0.2, -0.15) is 4.99 Å². The van der Waals surface area contributed by atoms with E-state index in [0.29, 0.717) is 34.8 Å². The number of benzene rings is 1. The van der Waals surface area contributed by atoms with Crippen molar-refractivity contribution in [2.45, 2.75) is 38.1 Å². The summed E-state index contributed by atoms with van der Waals surface area (Å²) in [7, 11) is 3.46. The predicted molar refractivity (Wildman–Crippen MR) is 132 cm³/mol. The van der Waals surface area contributed by atoms with Crippen molar-refractivity contribution in [1.29, 1.82) is 0 Å². The maximum atomic E-state index is 12.8. The zero-order valence-electron chi connectivity index (χ0n) is 20.5. The van der Waals surface area contributed by atoms with Crippen LogP contribution < -0.4 is 15.4 Å². The van der Waals surface area contributed by atoms with E-state index in [1.54, 1.807) is 19.2 Å². The molecule has 2 amide bonds. The summed E-state index contributed by atoms with van der Waals surface area (Å²) in [6, 6.07) is 5.69. The first-order chi connectivity index (χ1) is 17.0. The van der Waals surface area contributed by atoms with Crippen molar-refractivity contribution in [3.63, 3.8) is 0 Å². The van der Waals surface area contributed by atoms with Crippen molar-refractivity contribution in [2.24, 2.45) is 4.99 Å². The van der Waals surface area contributed by atoms with E-state index in [-0.39, 0.29) is 25.0 Å². The fourth-order valence-corrected chi connectivity index (χ4v) is 5.37. The lowest BCUT2D eigenvalue weighted by Gasteiger charge is -2.35. The van der Waals surface area contributed by atoms with Crippen molar-refractivity contribution >= 4 is 23.5 Å². The quantitative estimate of drug-likeness (QED) is 0.416. The molecule has 1 saturated heterocycles. The average molecular weight is 484 g/mol. The Morgan fingerprint density at radius 2 is 2.06 bits per heavy atom. The molecule has 10 heteroatoms. The van der Waals surface area contributed by atoms with E-state index in [0.717, 1.165) is 55.6 Å². The Hall–Kier alpha value is -3.11. The van der Waals surface area contributed by atoms with Crippen LogP contribution >= 0.6 is 0 Å². The second-order valence-corrected chi connectivity index (χ2v) is 9.81. The van der Waals surface area contributed by atoms with E-state index in [1.807, 2.05) is 18.0 Å². The van der Waals surface area contributed by atoms with Crippen LogP contribution in [-0.4, -0.2) is 96.7 Å². The first kappa shape index (κ1) is 23.6. The van der Waals surface area contributed by atoms with Gasteiger partial charge in [0.05, 0.1) is 19.4 Å². The van der Waals surface area contributed by atoms with Crippen LogP contribution in [0.2, 0.25) is 0 Å². The summed E-state index contributed by atoms with van der Waals surface area (Å²) in [6.45, 7) is 3.43. The molecule has 5 rings (SSSR count). The number of quaternary nitrogens is 1. The van der Waals surface area contributed by atoms with Crippen LogP contribution in [0.25, 0.3) is 0 Å². The molecule has 1 saturated carbocycles. The van der Waals surface area contributed by atoms with Crippen molar-refractivity contribution in [3.05, 3.63) is 35.3 Å². The number of carbonyl (C=O) groups is 2. The number of ether oxygens (including phenoxy) is 1. The molecular weight excluding hydrogens is 448 g/mol. The summed E-state index contributed by atoms with van der Waals surface area (Å²) in [6.07, 6.45) is 5.22. The molecule has 0 bridgehead atoms. The summed E-state index contributed by atoms with van der Waals surface area (Å²) in [5, 5.41) is 15.1. The molecule has 1 aliphatic carbocycles. The molecule has 3 heterocycles. The molecule has 0 aromatic heterocycles. The summed E-state index contributed by atoms with van der Waals surface area (Å²) >= 11 is 0. The van der Waals surface area contributed by atoms with Crippen LogP contribution in [0.15, 0.2) is 34.7 Å². The number of carbonyl (C=O) groups excluding carboxylic acids is 2. The van der Waals surface area contributed by atoms with Crippen LogP contribution in [0.4, 0.5) is 5.69 Å². The molecule has 1 aromatic rings. The summed E-state index contributed by atoms with van der Waals surface area (Å²) in [4.78, 5) is 34.5. The van der Waals surface area contributed by atoms with Crippen LogP contribution in [-0.2, 0) is 4.79 Å². The number of aliphatic imine (C=N–C) groups is 1. The first-order valence-corrected chi connectivity index (χ1v) is 12.5. The van der Waals surface area contributed by atoms with Gasteiger partial charge in [-0.15, -0.1) is 0 Å². The lowest BCUT2D eigenvalue weighted by atomic mass is 10.1. The van der Waals surface area contributed by atoms with Gasteiger partial charge in [-0.3, -0.25) is 14.9 Å². The highest BCUT2D eigenvalue weighted by molar-refractivity contribution is 5.97. The highest BCUT2D eigenvalue weighted by atomic mass is 16.5. The topological polar surface area (TPSA) is 106 Å². The molecule has 4 aliphatic rings. The zero-order chi connectivity index (χ0) is 24.6. The Morgan fingerprint density at radius 1 is 1.29 bits per heavy atom. The zero-order valence-corrected chi connectivity index (χ0v) is 20.5. The SMILES string of the molecule is COc1cc(C(=O)NCCO)ccc1NC1=NC2=C(C[N+]13CC3)N(C)C(=O)CCN2C1CCCC1. The molecule has 1 spiro atoms. The Balaban J connectivity index is 1.48. The second-order valence-electron chi connectivity index (χ2n) is 9.81. The number of amides is 2. The van der Waals surface area contributed by atoms with Gasteiger partial charge >= 0.3 is 5.96 Å². The standard InChI is InChI=1S/C25H34N6O4/c1-29-20-16-31(12-13-31)25(28-23(20)30(11-9-22(29)33)18-5-3-4-6-18)27-19-8-7-17(15-21(19)35-2)24(34)26-10-14-32/h7-8,15,18,32H,3-6,9-14,16H2,1-2H3,(H-,26,27,28,34)/p+1.